The molecule has 1 N–H and O–H groups in total. The third-order valence-corrected chi connectivity index (χ3v) is 6.78. The quantitative estimate of drug-likeness (QED) is 0.403. The lowest BCUT2D eigenvalue weighted by molar-refractivity contribution is -0.129. The summed E-state index contributed by atoms with van der Waals surface area (Å²) in [6, 6.07) is 20.1. The van der Waals surface area contributed by atoms with Crippen LogP contribution in [-0.4, -0.2) is 27.1 Å². The zero-order valence-corrected chi connectivity index (χ0v) is 20.3. The first kappa shape index (κ1) is 23.5. The number of thioether (sulfide) groups is 1. The number of nitrogens with one attached hydrogen (secondary N) is 1. The average Bonchev–Trinajstić information content (AvgIpc) is 2.79. The molecular weight excluding hydrogens is 529 g/mol. The van der Waals surface area contributed by atoms with Crippen molar-refractivity contribution in [3.8, 4) is 0 Å². The van der Waals surface area contributed by atoms with E-state index in [1.165, 1.54) is 28.8 Å². The van der Waals surface area contributed by atoms with Crippen LogP contribution < -0.4 is 5.32 Å². The van der Waals surface area contributed by atoms with E-state index in [0.717, 1.165) is 10.0 Å². The Morgan fingerprint density at radius 2 is 1.88 bits per heavy atom. The van der Waals surface area contributed by atoms with Crippen molar-refractivity contribution >= 4 is 67.6 Å². The summed E-state index contributed by atoms with van der Waals surface area (Å²) in [4.78, 5) is 32.1. The summed E-state index contributed by atoms with van der Waals surface area (Å²) in [6.07, 6.45) is 0.0167. The number of amidine groups is 1. The van der Waals surface area contributed by atoms with Crippen molar-refractivity contribution in [2.75, 3.05) is 5.32 Å². The summed E-state index contributed by atoms with van der Waals surface area (Å²) >= 11 is 10.7. The first-order chi connectivity index (χ1) is 15.9. The molecule has 0 radical (unpaired) electrons. The number of hydrogen-bond donors (Lipinski definition) is 1. The Kier molecular flexibility index (Phi) is 7.47. The van der Waals surface area contributed by atoms with Gasteiger partial charge in [-0.05, 0) is 60.2 Å². The maximum atomic E-state index is 13.3. The van der Waals surface area contributed by atoms with Crippen molar-refractivity contribution in [3.63, 3.8) is 0 Å². The normalized spacial score (nSPS) is 17.3. The minimum atomic E-state index is -0.649. The molecule has 0 bridgehead atoms. The highest BCUT2D eigenvalue weighted by atomic mass is 79.9. The van der Waals surface area contributed by atoms with E-state index >= 15 is 0 Å². The minimum Gasteiger partial charge on any atom is -0.325 e. The lowest BCUT2D eigenvalue weighted by Crippen LogP contribution is -2.44. The van der Waals surface area contributed by atoms with Crippen LogP contribution in [0.4, 0.5) is 15.8 Å². The lowest BCUT2D eigenvalue weighted by atomic mass is 10.2. The van der Waals surface area contributed by atoms with Crippen LogP contribution in [0.5, 0.6) is 0 Å². The molecule has 0 spiro atoms. The summed E-state index contributed by atoms with van der Waals surface area (Å²) in [5.74, 6) is -0.874. The number of rotatable bonds is 5. The molecule has 1 atom stereocenters. The molecule has 5 nitrogen and oxygen atoms in total. The SMILES string of the molecule is O=C(Nc1ccc(Br)cc1)C1CC(=O)N(Cc2ccc(F)cc2)C(=Nc2cccc(Cl)c2)S1. The molecule has 4 rings (SSSR count). The van der Waals surface area contributed by atoms with E-state index in [2.05, 4.69) is 26.2 Å². The van der Waals surface area contributed by atoms with Crippen LogP contribution in [-0.2, 0) is 16.1 Å². The number of halogens is 3. The van der Waals surface area contributed by atoms with Crippen LogP contribution in [0, 0.1) is 5.82 Å². The molecule has 2 amide bonds. The molecule has 3 aromatic rings. The molecule has 1 heterocycles. The second-order valence-electron chi connectivity index (χ2n) is 7.29. The van der Waals surface area contributed by atoms with Crippen LogP contribution in [0.25, 0.3) is 0 Å². The van der Waals surface area contributed by atoms with Gasteiger partial charge in [0, 0.05) is 21.6 Å². The van der Waals surface area contributed by atoms with Gasteiger partial charge >= 0.3 is 0 Å². The minimum absolute atomic E-state index is 0.0167. The van der Waals surface area contributed by atoms with Crippen molar-refractivity contribution in [1.29, 1.82) is 0 Å². The van der Waals surface area contributed by atoms with Gasteiger partial charge in [-0.25, -0.2) is 9.38 Å². The number of nitrogens with zero attached hydrogens (tertiary/aromatic N) is 2. The van der Waals surface area contributed by atoms with Gasteiger partial charge in [-0.2, -0.15) is 0 Å². The molecular formula is C24H18BrClFN3O2S. The van der Waals surface area contributed by atoms with E-state index in [9.17, 15) is 14.0 Å². The highest BCUT2D eigenvalue weighted by Crippen LogP contribution is 2.31. The molecule has 9 heteroatoms. The molecule has 1 unspecified atom stereocenters. The molecule has 0 aliphatic carbocycles. The summed E-state index contributed by atoms with van der Waals surface area (Å²) in [6.45, 7) is 0.215. The largest absolute Gasteiger partial charge is 0.325 e. The first-order valence-electron chi connectivity index (χ1n) is 9.99. The number of hydrogen-bond acceptors (Lipinski definition) is 4. The Bertz CT molecular complexity index is 1210. The Morgan fingerprint density at radius 3 is 2.58 bits per heavy atom. The molecule has 33 heavy (non-hydrogen) atoms. The summed E-state index contributed by atoms with van der Waals surface area (Å²) in [7, 11) is 0. The number of aliphatic imine (C=N–C) groups is 1. The number of anilines is 1. The van der Waals surface area contributed by atoms with Crippen LogP contribution in [0.2, 0.25) is 5.02 Å². The molecule has 0 saturated carbocycles. The van der Waals surface area contributed by atoms with Crippen molar-refractivity contribution in [2.24, 2.45) is 4.99 Å². The molecule has 168 valence electrons. The average molecular weight is 547 g/mol. The maximum Gasteiger partial charge on any atom is 0.238 e. The van der Waals surface area contributed by atoms with E-state index in [0.29, 0.717) is 21.6 Å². The number of carbonyl (C=O) groups excluding carboxylic acids is 2. The van der Waals surface area contributed by atoms with E-state index < -0.39 is 5.25 Å². The van der Waals surface area contributed by atoms with Gasteiger partial charge in [0.25, 0.3) is 0 Å². The highest BCUT2D eigenvalue weighted by Gasteiger charge is 2.36. The van der Waals surface area contributed by atoms with E-state index in [1.807, 2.05) is 12.1 Å². The number of carbonyl (C=O) groups is 2. The van der Waals surface area contributed by atoms with Crippen LogP contribution >= 0.6 is 39.3 Å². The molecule has 3 aromatic carbocycles. The summed E-state index contributed by atoms with van der Waals surface area (Å²) in [5.41, 5.74) is 1.95. The molecule has 1 aliphatic rings. The fourth-order valence-corrected chi connectivity index (χ4v) is 4.73. The van der Waals surface area contributed by atoms with Crippen molar-refractivity contribution in [1.82, 2.24) is 4.90 Å². The van der Waals surface area contributed by atoms with E-state index in [4.69, 9.17) is 11.6 Å². The molecule has 1 aliphatic heterocycles. The maximum absolute atomic E-state index is 13.3. The Morgan fingerprint density at radius 1 is 1.15 bits per heavy atom. The van der Waals surface area contributed by atoms with Crippen molar-refractivity contribution in [3.05, 3.63) is 93.7 Å². The fraction of sp³-hybridized carbons (Fsp3) is 0.125. The van der Waals surface area contributed by atoms with E-state index in [1.54, 1.807) is 48.5 Å². The standard InChI is InChI=1S/C24H18BrClFN3O2S/c25-16-6-10-19(11-7-16)28-23(32)21-13-22(31)30(14-15-4-8-18(27)9-5-15)24(33-21)29-20-3-1-2-17(26)12-20/h1-12,21H,13-14H2,(H,28,32). The third kappa shape index (κ3) is 6.22. The monoisotopic (exact) mass is 545 g/mol. The molecule has 1 fully saturated rings. The van der Waals surface area contributed by atoms with Gasteiger partial charge in [0.1, 0.15) is 11.1 Å². The van der Waals surface area contributed by atoms with Crippen LogP contribution in [0.15, 0.2) is 82.3 Å². The predicted molar refractivity (Wildman–Crippen MR) is 134 cm³/mol. The van der Waals surface area contributed by atoms with Gasteiger partial charge in [0.15, 0.2) is 5.17 Å². The van der Waals surface area contributed by atoms with Crippen molar-refractivity contribution in [2.45, 2.75) is 18.2 Å². The predicted octanol–water partition coefficient (Wildman–Crippen LogP) is 6.40. The summed E-state index contributed by atoms with van der Waals surface area (Å²) < 4.78 is 14.2. The zero-order chi connectivity index (χ0) is 23.4. The van der Waals surface area contributed by atoms with Gasteiger partial charge < -0.3 is 5.32 Å². The second-order valence-corrected chi connectivity index (χ2v) is 9.81. The third-order valence-electron chi connectivity index (χ3n) is 4.83. The van der Waals surface area contributed by atoms with Gasteiger partial charge in [0.2, 0.25) is 11.8 Å². The van der Waals surface area contributed by atoms with Crippen LogP contribution in [0.3, 0.4) is 0 Å². The molecule has 0 aromatic heterocycles. The highest BCUT2D eigenvalue weighted by molar-refractivity contribution is 9.10. The van der Waals surface area contributed by atoms with Gasteiger partial charge in [-0.3, -0.25) is 14.5 Å². The molecule has 1 saturated heterocycles. The number of benzene rings is 3. The second kappa shape index (κ2) is 10.5. The van der Waals surface area contributed by atoms with Gasteiger partial charge in [0.05, 0.1) is 12.2 Å². The fourth-order valence-electron chi connectivity index (χ4n) is 3.18. The first-order valence-corrected chi connectivity index (χ1v) is 12.0. The Labute approximate surface area is 208 Å². The lowest BCUT2D eigenvalue weighted by Gasteiger charge is -2.32. The van der Waals surface area contributed by atoms with Gasteiger partial charge in [-0.1, -0.05) is 57.5 Å². The van der Waals surface area contributed by atoms with Gasteiger partial charge in [-0.15, -0.1) is 0 Å². The smallest absolute Gasteiger partial charge is 0.238 e. The number of amides is 2. The van der Waals surface area contributed by atoms with Crippen molar-refractivity contribution < 1.29 is 14.0 Å². The van der Waals surface area contributed by atoms with E-state index in [-0.39, 0.29) is 30.6 Å². The Hall–Kier alpha value is -2.68. The zero-order valence-electron chi connectivity index (χ0n) is 17.2. The Balaban J connectivity index is 1.60. The summed E-state index contributed by atoms with van der Waals surface area (Å²) in [5, 5.41) is 3.10. The van der Waals surface area contributed by atoms with Crippen LogP contribution in [0.1, 0.15) is 12.0 Å². The topological polar surface area (TPSA) is 61.8 Å².